The maximum atomic E-state index is 6.34. The van der Waals surface area contributed by atoms with Crippen LogP contribution >= 0.6 is 11.6 Å². The molecule has 0 aliphatic rings. The smallest absolute Gasteiger partial charge is 0.126 e. The molecule has 3 nitrogen and oxygen atoms in total. The topological polar surface area (TPSA) is 43.8 Å². The second-order valence-corrected chi connectivity index (χ2v) is 6.29. The summed E-state index contributed by atoms with van der Waals surface area (Å²) in [5, 5.41) is 0.723. The average Bonchev–Trinajstić information content (AvgIpc) is 2.73. The Balaban J connectivity index is 2.45. The number of benzene rings is 1. The summed E-state index contributed by atoms with van der Waals surface area (Å²) < 4.78 is 2.26. The molecule has 1 aromatic carbocycles. The van der Waals surface area contributed by atoms with Crippen molar-refractivity contribution in [2.45, 2.75) is 52.6 Å². The molecule has 20 heavy (non-hydrogen) atoms. The predicted octanol–water partition coefficient (Wildman–Crippen LogP) is 4.54. The summed E-state index contributed by atoms with van der Waals surface area (Å²) in [4.78, 5) is 4.73. The fraction of sp³-hybridized carbons (Fsp3) is 0.562. The standard InChI is InChI=1S/C16H24ClN3/c1-4-5-6-13(18)16-19-14-9-12(17)7-8-15(14)20(16)10-11(2)3/h7-9,11,13H,4-6,10,18H2,1-3H3. The zero-order chi connectivity index (χ0) is 14.7. The monoisotopic (exact) mass is 293 g/mol. The van der Waals surface area contributed by atoms with Crippen molar-refractivity contribution in [3.8, 4) is 0 Å². The van der Waals surface area contributed by atoms with Crippen LogP contribution in [-0.4, -0.2) is 9.55 Å². The Hall–Kier alpha value is -1.06. The van der Waals surface area contributed by atoms with Crippen LogP contribution in [0.1, 0.15) is 51.9 Å². The van der Waals surface area contributed by atoms with Gasteiger partial charge in [-0.1, -0.05) is 45.2 Å². The molecule has 4 heteroatoms. The highest BCUT2D eigenvalue weighted by Crippen LogP contribution is 2.26. The van der Waals surface area contributed by atoms with E-state index in [-0.39, 0.29) is 6.04 Å². The predicted molar refractivity (Wildman–Crippen MR) is 86.0 cm³/mol. The van der Waals surface area contributed by atoms with Crippen LogP contribution < -0.4 is 5.73 Å². The molecule has 2 N–H and O–H groups in total. The van der Waals surface area contributed by atoms with E-state index in [0.29, 0.717) is 5.92 Å². The Morgan fingerprint density at radius 3 is 2.75 bits per heavy atom. The number of fused-ring (bicyclic) bond motifs is 1. The van der Waals surface area contributed by atoms with Gasteiger partial charge >= 0.3 is 0 Å². The van der Waals surface area contributed by atoms with Crippen molar-refractivity contribution in [2.75, 3.05) is 0 Å². The summed E-state index contributed by atoms with van der Waals surface area (Å²) in [6.45, 7) is 7.54. The second-order valence-electron chi connectivity index (χ2n) is 5.86. The molecule has 0 radical (unpaired) electrons. The Morgan fingerprint density at radius 2 is 2.10 bits per heavy atom. The number of rotatable bonds is 6. The van der Waals surface area contributed by atoms with Crippen LogP contribution in [0.2, 0.25) is 5.02 Å². The van der Waals surface area contributed by atoms with Crippen LogP contribution in [-0.2, 0) is 6.54 Å². The van der Waals surface area contributed by atoms with Crippen LogP contribution in [0.5, 0.6) is 0 Å². The molecule has 2 rings (SSSR count). The highest BCUT2D eigenvalue weighted by Gasteiger charge is 2.17. The van der Waals surface area contributed by atoms with Gasteiger partial charge < -0.3 is 10.3 Å². The van der Waals surface area contributed by atoms with Gasteiger partial charge in [0.15, 0.2) is 0 Å². The first-order valence-electron chi connectivity index (χ1n) is 7.44. The third-order valence-electron chi connectivity index (χ3n) is 3.49. The number of hydrogen-bond donors (Lipinski definition) is 1. The lowest BCUT2D eigenvalue weighted by Gasteiger charge is -2.16. The molecule has 0 aliphatic heterocycles. The maximum absolute atomic E-state index is 6.34. The SMILES string of the molecule is CCCCC(N)c1nc2cc(Cl)ccc2n1CC(C)C. The molecule has 0 fully saturated rings. The van der Waals surface area contributed by atoms with Gasteiger partial charge in [-0.15, -0.1) is 0 Å². The van der Waals surface area contributed by atoms with Gasteiger partial charge in [-0.05, 0) is 30.5 Å². The molecule has 0 amide bonds. The zero-order valence-electron chi connectivity index (χ0n) is 12.6. The van der Waals surface area contributed by atoms with Crippen LogP contribution in [0.15, 0.2) is 18.2 Å². The van der Waals surface area contributed by atoms with Gasteiger partial charge in [0.05, 0.1) is 17.1 Å². The van der Waals surface area contributed by atoms with E-state index in [1.54, 1.807) is 0 Å². The molecule has 1 unspecified atom stereocenters. The first-order valence-corrected chi connectivity index (χ1v) is 7.82. The van der Waals surface area contributed by atoms with Crippen LogP contribution in [0, 0.1) is 5.92 Å². The van der Waals surface area contributed by atoms with Crippen molar-refractivity contribution in [3.05, 3.63) is 29.0 Å². The van der Waals surface area contributed by atoms with Crippen molar-refractivity contribution >= 4 is 22.6 Å². The van der Waals surface area contributed by atoms with Gasteiger partial charge in [-0.2, -0.15) is 0 Å². The Bertz CT molecular complexity index is 574. The molecular formula is C16H24ClN3. The zero-order valence-corrected chi connectivity index (χ0v) is 13.3. The van der Waals surface area contributed by atoms with Gasteiger partial charge in [0, 0.05) is 11.6 Å². The molecule has 1 aromatic heterocycles. The molecule has 110 valence electrons. The fourth-order valence-corrected chi connectivity index (χ4v) is 2.68. The van der Waals surface area contributed by atoms with Crippen molar-refractivity contribution in [1.29, 1.82) is 0 Å². The second kappa shape index (κ2) is 6.59. The van der Waals surface area contributed by atoms with E-state index in [2.05, 4.69) is 25.3 Å². The molecule has 0 aliphatic carbocycles. The van der Waals surface area contributed by atoms with E-state index in [4.69, 9.17) is 22.3 Å². The molecular weight excluding hydrogens is 270 g/mol. The first-order chi connectivity index (χ1) is 9.52. The third-order valence-corrected chi connectivity index (χ3v) is 3.72. The quantitative estimate of drug-likeness (QED) is 0.850. The van der Waals surface area contributed by atoms with Crippen LogP contribution in [0.4, 0.5) is 0 Å². The largest absolute Gasteiger partial charge is 0.326 e. The summed E-state index contributed by atoms with van der Waals surface area (Å²) in [7, 11) is 0. The van der Waals surface area contributed by atoms with Crippen molar-refractivity contribution in [2.24, 2.45) is 11.7 Å². The lowest BCUT2D eigenvalue weighted by molar-refractivity contribution is 0.483. The van der Waals surface area contributed by atoms with E-state index in [0.717, 1.165) is 47.7 Å². The van der Waals surface area contributed by atoms with Crippen LogP contribution in [0.3, 0.4) is 0 Å². The molecule has 2 aromatic rings. The van der Waals surface area contributed by atoms with Gasteiger partial charge in [0.1, 0.15) is 5.82 Å². The summed E-state index contributed by atoms with van der Waals surface area (Å²) >= 11 is 6.07. The minimum absolute atomic E-state index is 0.000115. The van der Waals surface area contributed by atoms with Gasteiger partial charge in [-0.3, -0.25) is 0 Å². The summed E-state index contributed by atoms with van der Waals surface area (Å²) in [5.74, 6) is 1.55. The van der Waals surface area contributed by atoms with Crippen molar-refractivity contribution in [1.82, 2.24) is 9.55 Å². The van der Waals surface area contributed by atoms with E-state index >= 15 is 0 Å². The number of hydrogen-bond acceptors (Lipinski definition) is 2. The Labute approximate surface area is 126 Å². The number of unbranched alkanes of at least 4 members (excludes halogenated alkanes) is 1. The van der Waals surface area contributed by atoms with Crippen molar-refractivity contribution < 1.29 is 0 Å². The van der Waals surface area contributed by atoms with E-state index < -0.39 is 0 Å². The summed E-state index contributed by atoms with van der Waals surface area (Å²) in [6.07, 6.45) is 3.27. The lowest BCUT2D eigenvalue weighted by Crippen LogP contribution is -2.18. The molecule has 1 atom stereocenters. The van der Waals surface area contributed by atoms with Gasteiger partial charge in [-0.25, -0.2) is 4.98 Å². The third kappa shape index (κ3) is 3.33. The maximum Gasteiger partial charge on any atom is 0.126 e. The van der Waals surface area contributed by atoms with Gasteiger partial charge in [0.2, 0.25) is 0 Å². The number of nitrogens with zero attached hydrogens (tertiary/aromatic N) is 2. The van der Waals surface area contributed by atoms with Crippen molar-refractivity contribution in [3.63, 3.8) is 0 Å². The average molecular weight is 294 g/mol. The van der Waals surface area contributed by atoms with Crippen LogP contribution in [0.25, 0.3) is 11.0 Å². The first kappa shape index (κ1) is 15.3. The number of halogens is 1. The normalized spacial score (nSPS) is 13.3. The van der Waals surface area contributed by atoms with E-state index in [1.807, 2.05) is 18.2 Å². The summed E-state index contributed by atoms with van der Waals surface area (Å²) in [5.41, 5.74) is 8.42. The minimum Gasteiger partial charge on any atom is -0.326 e. The van der Waals surface area contributed by atoms with E-state index in [9.17, 15) is 0 Å². The number of nitrogens with two attached hydrogens (primary N) is 1. The Kier molecular flexibility index (Phi) is 5.06. The molecule has 0 bridgehead atoms. The summed E-state index contributed by atoms with van der Waals surface area (Å²) in [6, 6.07) is 5.89. The fourth-order valence-electron chi connectivity index (χ4n) is 2.51. The molecule has 0 saturated heterocycles. The highest BCUT2D eigenvalue weighted by molar-refractivity contribution is 6.31. The number of imidazole rings is 1. The molecule has 0 saturated carbocycles. The van der Waals surface area contributed by atoms with E-state index in [1.165, 1.54) is 0 Å². The highest BCUT2D eigenvalue weighted by atomic mass is 35.5. The van der Waals surface area contributed by atoms with Gasteiger partial charge in [0.25, 0.3) is 0 Å². The Morgan fingerprint density at radius 1 is 1.35 bits per heavy atom. The molecule has 0 spiro atoms. The number of aromatic nitrogens is 2. The minimum atomic E-state index is -0.000115. The molecule has 1 heterocycles. The lowest BCUT2D eigenvalue weighted by atomic mass is 10.1.